The van der Waals surface area contributed by atoms with Crippen LogP contribution in [0.4, 0.5) is 5.95 Å². The van der Waals surface area contributed by atoms with Gasteiger partial charge < -0.3 is 4.98 Å². The van der Waals surface area contributed by atoms with Crippen LogP contribution >= 0.6 is 0 Å². The topological polar surface area (TPSA) is 101 Å². The third kappa shape index (κ3) is 1.51. The number of fused-ring (bicyclic) bond motifs is 1. The molecule has 0 unspecified atom stereocenters. The molecule has 2 aromatic heterocycles. The summed E-state index contributed by atoms with van der Waals surface area (Å²) in [5.41, 5.74) is 1.02. The number of rotatable bonds is 1. The number of aromatic amines is 1. The van der Waals surface area contributed by atoms with E-state index in [2.05, 4.69) is 24.3 Å². The molecule has 2 rings (SSSR count). The lowest BCUT2D eigenvalue weighted by Crippen LogP contribution is -1.81. The number of H-pyrrole nitrogens is 1. The maximum Gasteiger partial charge on any atom is 0.319 e. The molecule has 13 heavy (non-hydrogen) atoms. The molecule has 1 N–H and O–H groups in total. The summed E-state index contributed by atoms with van der Waals surface area (Å²) in [6.45, 7) is 0. The highest BCUT2D eigenvalue weighted by molar-refractivity contribution is 7.61. The molecule has 0 aliphatic heterocycles. The first-order chi connectivity index (χ1) is 6.25. The van der Waals surface area contributed by atoms with Crippen LogP contribution < -0.4 is 0 Å². The minimum absolute atomic E-state index is 0.118. The molecule has 2 heterocycles. The van der Waals surface area contributed by atoms with Crippen LogP contribution in [-0.4, -0.2) is 28.4 Å². The second-order valence-electron chi connectivity index (χ2n) is 2.12. The monoisotopic (exact) mass is 197 g/mol. The van der Waals surface area contributed by atoms with Crippen molar-refractivity contribution < 1.29 is 8.42 Å². The minimum Gasteiger partial charge on any atom is -0.342 e. The molecule has 8 heteroatoms. The fourth-order valence-electron chi connectivity index (χ4n) is 0.838. The molecule has 0 saturated carbocycles. The van der Waals surface area contributed by atoms with Crippen LogP contribution in [0.25, 0.3) is 11.2 Å². The van der Waals surface area contributed by atoms with Crippen molar-refractivity contribution in [1.82, 2.24) is 19.9 Å². The van der Waals surface area contributed by atoms with Gasteiger partial charge >= 0.3 is 10.5 Å². The van der Waals surface area contributed by atoms with Crippen LogP contribution in [0.1, 0.15) is 0 Å². The quantitative estimate of drug-likeness (QED) is 0.695. The number of imidazole rings is 1. The number of nitrogens with one attached hydrogen (secondary N) is 1. The van der Waals surface area contributed by atoms with Crippen molar-refractivity contribution in [3.63, 3.8) is 0 Å². The zero-order valence-electron chi connectivity index (χ0n) is 6.17. The van der Waals surface area contributed by atoms with Crippen LogP contribution in [0, 0.1) is 0 Å². The van der Waals surface area contributed by atoms with E-state index in [-0.39, 0.29) is 5.95 Å². The summed E-state index contributed by atoms with van der Waals surface area (Å²) < 4.78 is 23.5. The molecule has 0 spiro atoms. The van der Waals surface area contributed by atoms with Gasteiger partial charge in [0.2, 0.25) is 0 Å². The number of aromatic nitrogens is 4. The first-order valence-corrected chi connectivity index (χ1v) is 4.26. The molecule has 0 radical (unpaired) electrons. The summed E-state index contributed by atoms with van der Waals surface area (Å²) in [6.07, 6.45) is 2.86. The Labute approximate surface area is 73.6 Å². The zero-order chi connectivity index (χ0) is 9.26. The van der Waals surface area contributed by atoms with E-state index in [1.54, 1.807) is 0 Å². The molecular weight excluding hydrogens is 194 g/mol. The lowest BCUT2D eigenvalue weighted by molar-refractivity contribution is 0.622. The van der Waals surface area contributed by atoms with E-state index in [1.807, 2.05) is 0 Å². The van der Waals surface area contributed by atoms with E-state index in [0.717, 1.165) is 0 Å². The summed E-state index contributed by atoms with van der Waals surface area (Å²) in [5.74, 6) is -0.118. The van der Waals surface area contributed by atoms with Crippen LogP contribution in [0.5, 0.6) is 0 Å². The molecule has 0 bridgehead atoms. The van der Waals surface area contributed by atoms with Crippen molar-refractivity contribution in [2.45, 2.75) is 0 Å². The van der Waals surface area contributed by atoms with E-state index >= 15 is 0 Å². The number of hydrogen-bond donors (Lipinski definition) is 1. The summed E-state index contributed by atoms with van der Waals surface area (Å²) in [5, 5.41) is 0. The lowest BCUT2D eigenvalue weighted by atomic mass is 10.6. The van der Waals surface area contributed by atoms with Crippen molar-refractivity contribution >= 4 is 27.6 Å². The van der Waals surface area contributed by atoms with Gasteiger partial charge in [-0.2, -0.15) is 13.4 Å². The van der Waals surface area contributed by atoms with Crippen molar-refractivity contribution in [2.75, 3.05) is 0 Å². The Kier molecular flexibility index (Phi) is 1.74. The molecule has 0 aliphatic carbocycles. The predicted molar refractivity (Wildman–Crippen MR) is 42.7 cm³/mol. The van der Waals surface area contributed by atoms with E-state index in [4.69, 9.17) is 0 Å². The van der Waals surface area contributed by atoms with Crippen LogP contribution in [0.3, 0.4) is 0 Å². The Morgan fingerprint density at radius 3 is 3.00 bits per heavy atom. The smallest absolute Gasteiger partial charge is 0.319 e. The third-order valence-corrected chi connectivity index (χ3v) is 1.63. The highest BCUT2D eigenvalue weighted by Crippen LogP contribution is 2.08. The van der Waals surface area contributed by atoms with Gasteiger partial charge in [-0.05, 0) is 0 Å². The summed E-state index contributed by atoms with van der Waals surface area (Å²) >= 11 is 0. The number of nitrogens with zero attached hydrogens (tertiary/aromatic N) is 4. The SMILES string of the molecule is O=S(=O)=Nc1ncc2[nH]cnc2n1. The van der Waals surface area contributed by atoms with E-state index < -0.39 is 10.5 Å². The van der Waals surface area contributed by atoms with Gasteiger partial charge in [-0.25, -0.2) is 9.97 Å². The summed E-state index contributed by atoms with van der Waals surface area (Å²) in [4.78, 5) is 14.0. The number of hydrogen-bond acceptors (Lipinski definition) is 6. The fraction of sp³-hybridized carbons (Fsp3) is 0. The third-order valence-electron chi connectivity index (χ3n) is 1.32. The Hall–Kier alpha value is -1.83. The van der Waals surface area contributed by atoms with E-state index in [0.29, 0.717) is 11.2 Å². The minimum atomic E-state index is -2.54. The molecule has 0 aromatic carbocycles. The normalized spacial score (nSPS) is 10.2. The molecule has 66 valence electrons. The average molecular weight is 197 g/mol. The fourth-order valence-corrected chi connectivity index (χ4v) is 1.06. The molecule has 0 amide bonds. The average Bonchev–Trinajstić information content (AvgIpc) is 2.49. The highest BCUT2D eigenvalue weighted by atomic mass is 32.2. The Morgan fingerprint density at radius 2 is 2.23 bits per heavy atom. The summed E-state index contributed by atoms with van der Waals surface area (Å²) in [6, 6.07) is 0. The Morgan fingerprint density at radius 1 is 1.38 bits per heavy atom. The predicted octanol–water partition coefficient (Wildman–Crippen LogP) is 0.0471. The molecule has 0 atom stereocenters. The second kappa shape index (κ2) is 2.90. The molecular formula is C5H3N5O2S. The largest absolute Gasteiger partial charge is 0.342 e. The molecule has 7 nitrogen and oxygen atoms in total. The van der Waals surface area contributed by atoms with Gasteiger partial charge in [-0.1, -0.05) is 4.36 Å². The van der Waals surface area contributed by atoms with Gasteiger partial charge in [0.15, 0.2) is 5.65 Å². The second-order valence-corrected chi connectivity index (χ2v) is 2.74. The van der Waals surface area contributed by atoms with Gasteiger partial charge in [-0.15, -0.1) is 0 Å². The first kappa shape index (κ1) is 7.80. The van der Waals surface area contributed by atoms with Gasteiger partial charge in [0.1, 0.15) is 5.52 Å². The van der Waals surface area contributed by atoms with Crippen molar-refractivity contribution in [3.05, 3.63) is 12.5 Å². The van der Waals surface area contributed by atoms with Gasteiger partial charge in [-0.3, -0.25) is 0 Å². The molecule has 0 saturated heterocycles. The maximum absolute atomic E-state index is 10.2. The van der Waals surface area contributed by atoms with Crippen LogP contribution in [-0.2, 0) is 10.5 Å². The molecule has 0 fully saturated rings. The van der Waals surface area contributed by atoms with Crippen LogP contribution in [0.15, 0.2) is 16.9 Å². The van der Waals surface area contributed by atoms with Gasteiger partial charge in [0.05, 0.1) is 12.5 Å². The Balaban J connectivity index is 2.67. The zero-order valence-corrected chi connectivity index (χ0v) is 6.98. The van der Waals surface area contributed by atoms with E-state index in [9.17, 15) is 8.42 Å². The van der Waals surface area contributed by atoms with Crippen LogP contribution in [0.2, 0.25) is 0 Å². The lowest BCUT2D eigenvalue weighted by Gasteiger charge is -1.86. The Bertz CT molecular complexity index is 563. The molecule has 2 aromatic rings. The summed E-state index contributed by atoms with van der Waals surface area (Å²) in [7, 11) is -2.54. The first-order valence-electron chi connectivity index (χ1n) is 3.23. The highest BCUT2D eigenvalue weighted by Gasteiger charge is 1.99. The van der Waals surface area contributed by atoms with Crippen molar-refractivity contribution in [1.29, 1.82) is 0 Å². The van der Waals surface area contributed by atoms with E-state index in [1.165, 1.54) is 12.5 Å². The maximum atomic E-state index is 10.2. The standard InChI is InChI=1S/C5H3N5O2S/c11-13(12)10-5-6-1-3-4(9-5)8-2-7-3/h1-2H,(H,6,7,8,9). The van der Waals surface area contributed by atoms with Gasteiger partial charge in [0, 0.05) is 0 Å². The van der Waals surface area contributed by atoms with Crippen molar-refractivity contribution in [3.8, 4) is 0 Å². The van der Waals surface area contributed by atoms with Gasteiger partial charge in [0.25, 0.3) is 5.95 Å². The molecule has 0 aliphatic rings. The van der Waals surface area contributed by atoms with Crippen molar-refractivity contribution in [2.24, 2.45) is 4.36 Å².